The fourth-order valence-corrected chi connectivity index (χ4v) is 2.00. The molecule has 0 radical (unpaired) electrons. The van der Waals surface area contributed by atoms with Crippen LogP contribution in [-0.4, -0.2) is 25.6 Å². The van der Waals surface area contributed by atoms with Gasteiger partial charge in [0.25, 0.3) is 0 Å². The van der Waals surface area contributed by atoms with Crippen molar-refractivity contribution in [1.82, 2.24) is 10.6 Å². The molecule has 106 valence electrons. The minimum absolute atomic E-state index is 0.00350. The molecule has 0 aliphatic rings. The van der Waals surface area contributed by atoms with Gasteiger partial charge in [0.2, 0.25) is 5.91 Å². The molecule has 0 heterocycles. The van der Waals surface area contributed by atoms with Gasteiger partial charge in [-0.2, -0.15) is 0 Å². The molecule has 1 aromatic rings. The van der Waals surface area contributed by atoms with Crippen molar-refractivity contribution in [3.63, 3.8) is 0 Å². The van der Waals surface area contributed by atoms with Gasteiger partial charge >= 0.3 is 0 Å². The van der Waals surface area contributed by atoms with E-state index in [2.05, 4.69) is 39.6 Å². The van der Waals surface area contributed by atoms with Crippen molar-refractivity contribution in [1.29, 1.82) is 0 Å². The number of hydrogen-bond donors (Lipinski definition) is 2. The number of ether oxygens (including phenoxy) is 1. The normalized spacial score (nSPS) is 10.3. The Morgan fingerprint density at radius 2 is 2.16 bits per heavy atom. The Morgan fingerprint density at radius 3 is 2.84 bits per heavy atom. The van der Waals surface area contributed by atoms with Crippen LogP contribution in [0.15, 0.2) is 22.7 Å². The summed E-state index contributed by atoms with van der Waals surface area (Å²) in [6.07, 6.45) is 0.992. The van der Waals surface area contributed by atoms with Crippen LogP contribution in [0.3, 0.4) is 0 Å². The Labute approximate surface area is 123 Å². The van der Waals surface area contributed by atoms with Crippen LogP contribution in [0.1, 0.15) is 25.8 Å². The Bertz CT molecular complexity index is 410. The van der Waals surface area contributed by atoms with Crippen molar-refractivity contribution in [3.05, 3.63) is 28.2 Å². The molecule has 1 rings (SSSR count). The number of carbonyl (C=O) groups is 1. The van der Waals surface area contributed by atoms with E-state index in [1.807, 2.05) is 12.1 Å². The highest BCUT2D eigenvalue weighted by Gasteiger charge is 2.04. The quantitative estimate of drug-likeness (QED) is 0.721. The van der Waals surface area contributed by atoms with Gasteiger partial charge in [0.15, 0.2) is 0 Å². The van der Waals surface area contributed by atoms with Crippen molar-refractivity contribution in [2.45, 2.75) is 26.8 Å². The molecule has 0 fully saturated rings. The van der Waals surface area contributed by atoms with E-state index < -0.39 is 0 Å². The molecule has 0 aliphatic carbocycles. The zero-order valence-corrected chi connectivity index (χ0v) is 13.0. The topological polar surface area (TPSA) is 50.4 Å². The van der Waals surface area contributed by atoms with E-state index in [1.165, 1.54) is 6.92 Å². The summed E-state index contributed by atoms with van der Waals surface area (Å²) >= 11 is 3.47. The molecule has 0 unspecified atom stereocenters. The lowest BCUT2D eigenvalue weighted by Gasteiger charge is -2.12. The second-order valence-corrected chi connectivity index (χ2v) is 5.18. The number of halogens is 1. The van der Waals surface area contributed by atoms with Crippen molar-refractivity contribution in [2.24, 2.45) is 0 Å². The molecule has 19 heavy (non-hydrogen) atoms. The molecule has 1 amide bonds. The van der Waals surface area contributed by atoms with Gasteiger partial charge in [0.1, 0.15) is 5.75 Å². The van der Waals surface area contributed by atoms with Gasteiger partial charge in [-0.15, -0.1) is 0 Å². The summed E-state index contributed by atoms with van der Waals surface area (Å²) in [5, 5.41) is 6.04. The maximum atomic E-state index is 10.7. The van der Waals surface area contributed by atoms with Crippen molar-refractivity contribution in [3.8, 4) is 5.75 Å². The third-order valence-corrected chi connectivity index (χ3v) is 2.97. The van der Waals surface area contributed by atoms with Crippen LogP contribution in [0.5, 0.6) is 5.75 Å². The standard InChI is InChI=1S/C14H21BrN2O2/c1-3-8-19-14-5-4-13(15)9-12(14)10-16-6-7-17-11(2)18/h4-5,9,16H,3,6-8,10H2,1-2H3,(H,17,18). The number of amides is 1. The van der Waals surface area contributed by atoms with Crippen LogP contribution in [0, 0.1) is 0 Å². The van der Waals surface area contributed by atoms with E-state index in [0.717, 1.165) is 41.9 Å². The van der Waals surface area contributed by atoms with E-state index >= 15 is 0 Å². The Hall–Kier alpha value is -1.07. The van der Waals surface area contributed by atoms with Gasteiger partial charge < -0.3 is 15.4 Å². The third-order valence-electron chi connectivity index (χ3n) is 2.48. The van der Waals surface area contributed by atoms with E-state index in [1.54, 1.807) is 0 Å². The average molecular weight is 329 g/mol. The number of hydrogen-bond acceptors (Lipinski definition) is 3. The smallest absolute Gasteiger partial charge is 0.216 e. The molecule has 0 atom stereocenters. The van der Waals surface area contributed by atoms with Crippen molar-refractivity contribution >= 4 is 21.8 Å². The molecule has 1 aromatic carbocycles. The molecule has 0 saturated carbocycles. The van der Waals surface area contributed by atoms with Gasteiger partial charge in [0, 0.05) is 36.6 Å². The van der Waals surface area contributed by atoms with E-state index in [4.69, 9.17) is 4.74 Å². The molecular formula is C14H21BrN2O2. The predicted molar refractivity (Wildman–Crippen MR) is 80.3 cm³/mol. The number of carbonyl (C=O) groups excluding carboxylic acids is 1. The van der Waals surface area contributed by atoms with Crippen LogP contribution in [-0.2, 0) is 11.3 Å². The molecule has 5 heteroatoms. The van der Waals surface area contributed by atoms with Crippen molar-refractivity contribution < 1.29 is 9.53 Å². The van der Waals surface area contributed by atoms with Gasteiger partial charge in [-0.1, -0.05) is 22.9 Å². The molecular weight excluding hydrogens is 308 g/mol. The van der Waals surface area contributed by atoms with Crippen LogP contribution < -0.4 is 15.4 Å². The summed E-state index contributed by atoms with van der Waals surface area (Å²) in [4.78, 5) is 10.7. The van der Waals surface area contributed by atoms with Gasteiger partial charge in [0.05, 0.1) is 6.61 Å². The van der Waals surface area contributed by atoms with E-state index in [-0.39, 0.29) is 5.91 Å². The maximum Gasteiger partial charge on any atom is 0.216 e. The van der Waals surface area contributed by atoms with E-state index in [0.29, 0.717) is 6.54 Å². The Balaban J connectivity index is 2.46. The largest absolute Gasteiger partial charge is 0.493 e. The van der Waals surface area contributed by atoms with Crippen LogP contribution in [0.2, 0.25) is 0 Å². The van der Waals surface area contributed by atoms with Crippen molar-refractivity contribution in [2.75, 3.05) is 19.7 Å². The number of nitrogens with one attached hydrogen (secondary N) is 2. The fourth-order valence-electron chi connectivity index (χ4n) is 1.59. The highest BCUT2D eigenvalue weighted by atomic mass is 79.9. The predicted octanol–water partition coefficient (Wildman–Crippen LogP) is 2.46. The first-order valence-electron chi connectivity index (χ1n) is 6.50. The maximum absolute atomic E-state index is 10.7. The molecule has 0 aliphatic heterocycles. The summed E-state index contributed by atoms with van der Waals surface area (Å²) in [7, 11) is 0. The zero-order chi connectivity index (χ0) is 14.1. The molecule has 4 nitrogen and oxygen atoms in total. The highest BCUT2D eigenvalue weighted by Crippen LogP contribution is 2.23. The number of rotatable bonds is 8. The van der Waals surface area contributed by atoms with Gasteiger partial charge in [-0.3, -0.25) is 4.79 Å². The van der Waals surface area contributed by atoms with Gasteiger partial charge in [-0.25, -0.2) is 0 Å². The molecule has 2 N–H and O–H groups in total. The summed E-state index contributed by atoms with van der Waals surface area (Å²) in [5.41, 5.74) is 1.12. The Kier molecular flexibility index (Phi) is 7.52. The second-order valence-electron chi connectivity index (χ2n) is 4.26. The third kappa shape index (κ3) is 6.59. The lowest BCUT2D eigenvalue weighted by atomic mass is 10.2. The highest BCUT2D eigenvalue weighted by molar-refractivity contribution is 9.10. The molecule has 0 aromatic heterocycles. The summed E-state index contributed by atoms with van der Waals surface area (Å²) in [6, 6.07) is 6.01. The average Bonchev–Trinajstić information content (AvgIpc) is 2.37. The van der Waals surface area contributed by atoms with Crippen LogP contribution in [0.25, 0.3) is 0 Å². The first-order valence-corrected chi connectivity index (χ1v) is 7.29. The first-order chi connectivity index (χ1) is 9.13. The summed E-state index contributed by atoms with van der Waals surface area (Å²) in [5.74, 6) is 0.910. The van der Waals surface area contributed by atoms with Crippen LogP contribution in [0.4, 0.5) is 0 Å². The Morgan fingerprint density at radius 1 is 1.37 bits per heavy atom. The van der Waals surface area contributed by atoms with Gasteiger partial charge in [-0.05, 0) is 24.6 Å². The molecule has 0 spiro atoms. The van der Waals surface area contributed by atoms with E-state index in [9.17, 15) is 4.79 Å². The van der Waals surface area contributed by atoms with Crippen LogP contribution >= 0.6 is 15.9 Å². The SMILES string of the molecule is CCCOc1ccc(Br)cc1CNCCNC(C)=O. The zero-order valence-electron chi connectivity index (χ0n) is 11.5. The second kappa shape index (κ2) is 8.93. The lowest BCUT2D eigenvalue weighted by Crippen LogP contribution is -2.30. The molecule has 0 saturated heterocycles. The lowest BCUT2D eigenvalue weighted by molar-refractivity contribution is -0.118. The summed E-state index contributed by atoms with van der Waals surface area (Å²) in [6.45, 7) is 6.42. The summed E-state index contributed by atoms with van der Waals surface area (Å²) < 4.78 is 6.74. The first kappa shape index (κ1) is 16.0. The monoisotopic (exact) mass is 328 g/mol. The number of benzene rings is 1. The fraction of sp³-hybridized carbons (Fsp3) is 0.500. The minimum Gasteiger partial charge on any atom is -0.493 e. The minimum atomic E-state index is -0.00350. The molecule has 0 bridgehead atoms.